The van der Waals surface area contributed by atoms with Crippen LogP contribution in [-0.2, 0) is 6.42 Å². The highest BCUT2D eigenvalue weighted by Crippen LogP contribution is 2.33. The van der Waals surface area contributed by atoms with Crippen molar-refractivity contribution in [3.8, 4) is 5.75 Å². The summed E-state index contributed by atoms with van der Waals surface area (Å²) >= 11 is 4.92. The molecule has 1 aliphatic heterocycles. The highest BCUT2D eigenvalue weighted by atomic mass is 79.9. The van der Waals surface area contributed by atoms with E-state index in [1.165, 1.54) is 5.56 Å². The summed E-state index contributed by atoms with van der Waals surface area (Å²) in [6.45, 7) is 0.693. The fourth-order valence-corrected chi connectivity index (χ4v) is 3.10. The van der Waals surface area contributed by atoms with Crippen molar-refractivity contribution in [1.82, 2.24) is 10.2 Å². The lowest BCUT2D eigenvalue weighted by atomic mass is 9.97. The summed E-state index contributed by atoms with van der Waals surface area (Å²) in [5.74, 6) is 1.33. The molecule has 3 rings (SSSR count). The molecule has 1 atom stereocenters. The smallest absolute Gasteiger partial charge is 0.183 e. The number of nitrogens with zero attached hydrogens (tertiary/aromatic N) is 2. The second kappa shape index (κ2) is 4.14. The van der Waals surface area contributed by atoms with E-state index in [1.807, 2.05) is 18.2 Å². The van der Waals surface area contributed by atoms with Crippen LogP contribution in [0.5, 0.6) is 5.75 Å². The van der Waals surface area contributed by atoms with E-state index in [0.717, 1.165) is 21.1 Å². The van der Waals surface area contributed by atoms with Crippen LogP contribution >= 0.6 is 27.3 Å². The molecule has 5 heteroatoms. The molecule has 2 heterocycles. The maximum absolute atomic E-state index is 5.72. The minimum atomic E-state index is 0.332. The first-order valence-electron chi connectivity index (χ1n) is 5.02. The minimum absolute atomic E-state index is 0.332. The SMILES string of the molecule is Brc1nnc(C2COc3ccccc3C2)s1. The first-order valence-corrected chi connectivity index (χ1v) is 6.63. The van der Waals surface area contributed by atoms with E-state index in [1.54, 1.807) is 11.3 Å². The van der Waals surface area contributed by atoms with Crippen LogP contribution < -0.4 is 4.74 Å². The molecular formula is C11H9BrN2OS. The molecule has 2 aromatic rings. The molecule has 0 spiro atoms. The predicted molar refractivity (Wildman–Crippen MR) is 66.0 cm³/mol. The van der Waals surface area contributed by atoms with Gasteiger partial charge < -0.3 is 4.74 Å². The van der Waals surface area contributed by atoms with Gasteiger partial charge in [0.05, 0.1) is 12.5 Å². The van der Waals surface area contributed by atoms with E-state index >= 15 is 0 Å². The molecule has 1 aromatic carbocycles. The van der Waals surface area contributed by atoms with Gasteiger partial charge in [-0.25, -0.2) is 0 Å². The first kappa shape index (κ1) is 10.2. The van der Waals surface area contributed by atoms with Gasteiger partial charge in [-0.15, -0.1) is 10.2 Å². The molecule has 3 nitrogen and oxygen atoms in total. The molecule has 0 bridgehead atoms. The van der Waals surface area contributed by atoms with Crippen LogP contribution in [0.4, 0.5) is 0 Å². The molecule has 1 unspecified atom stereocenters. The Bertz CT molecular complexity index is 514. The van der Waals surface area contributed by atoms with Crippen LogP contribution in [0.3, 0.4) is 0 Å². The summed E-state index contributed by atoms with van der Waals surface area (Å²) in [4.78, 5) is 0. The van der Waals surface area contributed by atoms with Gasteiger partial charge >= 0.3 is 0 Å². The highest BCUT2D eigenvalue weighted by molar-refractivity contribution is 9.11. The summed E-state index contributed by atoms with van der Waals surface area (Å²) in [5, 5.41) is 9.17. The third-order valence-corrected chi connectivity index (χ3v) is 4.16. The van der Waals surface area contributed by atoms with Crippen LogP contribution in [0, 0.1) is 0 Å². The van der Waals surface area contributed by atoms with Crippen LogP contribution in [-0.4, -0.2) is 16.8 Å². The quantitative estimate of drug-likeness (QED) is 0.811. The van der Waals surface area contributed by atoms with Crippen LogP contribution in [0.1, 0.15) is 16.5 Å². The summed E-state index contributed by atoms with van der Waals surface area (Å²) < 4.78 is 6.56. The Balaban J connectivity index is 1.88. The third-order valence-electron chi connectivity index (χ3n) is 2.64. The van der Waals surface area contributed by atoms with Gasteiger partial charge in [0.25, 0.3) is 0 Å². The Hall–Kier alpha value is -0.940. The number of fused-ring (bicyclic) bond motifs is 1. The van der Waals surface area contributed by atoms with Crippen LogP contribution in [0.25, 0.3) is 0 Å². The average Bonchev–Trinajstić information content (AvgIpc) is 2.75. The lowest BCUT2D eigenvalue weighted by molar-refractivity contribution is 0.262. The zero-order valence-electron chi connectivity index (χ0n) is 8.39. The molecule has 0 aliphatic carbocycles. The zero-order chi connectivity index (χ0) is 11.0. The molecule has 0 saturated heterocycles. The fourth-order valence-electron chi connectivity index (χ4n) is 1.87. The largest absolute Gasteiger partial charge is 0.493 e. The molecule has 0 amide bonds. The molecule has 1 aromatic heterocycles. The van der Waals surface area contributed by atoms with E-state index in [4.69, 9.17) is 4.74 Å². The summed E-state index contributed by atoms with van der Waals surface area (Å²) in [7, 11) is 0. The average molecular weight is 297 g/mol. The second-order valence-electron chi connectivity index (χ2n) is 3.71. The van der Waals surface area contributed by atoms with Crippen LogP contribution in [0.15, 0.2) is 28.2 Å². The van der Waals surface area contributed by atoms with Gasteiger partial charge in [0.15, 0.2) is 3.92 Å². The van der Waals surface area contributed by atoms with Gasteiger partial charge in [-0.3, -0.25) is 0 Å². The maximum atomic E-state index is 5.72. The predicted octanol–water partition coefficient (Wildman–Crippen LogP) is 3.02. The number of ether oxygens (including phenoxy) is 1. The normalized spacial score (nSPS) is 18.9. The van der Waals surface area contributed by atoms with Crippen molar-refractivity contribution in [1.29, 1.82) is 0 Å². The van der Waals surface area contributed by atoms with E-state index in [-0.39, 0.29) is 0 Å². The van der Waals surface area contributed by atoms with Crippen molar-refractivity contribution >= 4 is 27.3 Å². The molecule has 16 heavy (non-hydrogen) atoms. The Morgan fingerprint density at radius 1 is 1.31 bits per heavy atom. The van der Waals surface area contributed by atoms with Gasteiger partial charge in [0.1, 0.15) is 10.8 Å². The number of para-hydroxylation sites is 1. The van der Waals surface area contributed by atoms with Gasteiger partial charge in [-0.1, -0.05) is 29.5 Å². The fraction of sp³-hybridized carbons (Fsp3) is 0.273. The molecular weight excluding hydrogens is 288 g/mol. The monoisotopic (exact) mass is 296 g/mol. The van der Waals surface area contributed by atoms with Crippen molar-refractivity contribution in [2.75, 3.05) is 6.61 Å². The van der Waals surface area contributed by atoms with Gasteiger partial charge in [0, 0.05) is 0 Å². The van der Waals surface area contributed by atoms with Crippen molar-refractivity contribution in [2.45, 2.75) is 12.3 Å². The highest BCUT2D eigenvalue weighted by Gasteiger charge is 2.23. The Kier molecular flexibility index (Phi) is 2.65. The van der Waals surface area contributed by atoms with Crippen molar-refractivity contribution in [3.63, 3.8) is 0 Å². The number of benzene rings is 1. The minimum Gasteiger partial charge on any atom is -0.493 e. The lowest BCUT2D eigenvalue weighted by Gasteiger charge is -2.23. The molecule has 0 radical (unpaired) electrons. The number of hydrogen-bond acceptors (Lipinski definition) is 4. The standard InChI is InChI=1S/C11H9BrN2OS/c12-11-14-13-10(16-11)8-5-7-3-1-2-4-9(7)15-6-8/h1-4,8H,5-6H2. The van der Waals surface area contributed by atoms with E-state index in [0.29, 0.717) is 12.5 Å². The molecule has 1 aliphatic rings. The zero-order valence-corrected chi connectivity index (χ0v) is 10.8. The molecule has 0 N–H and O–H groups in total. The van der Waals surface area contributed by atoms with Crippen molar-refractivity contribution in [2.24, 2.45) is 0 Å². The van der Waals surface area contributed by atoms with Gasteiger partial charge in [-0.05, 0) is 34.0 Å². The third kappa shape index (κ3) is 1.85. The van der Waals surface area contributed by atoms with Gasteiger partial charge in [-0.2, -0.15) is 0 Å². The molecule has 82 valence electrons. The van der Waals surface area contributed by atoms with Crippen LogP contribution in [0.2, 0.25) is 0 Å². The van der Waals surface area contributed by atoms with E-state index in [9.17, 15) is 0 Å². The summed E-state index contributed by atoms with van der Waals surface area (Å²) in [5.41, 5.74) is 1.25. The maximum Gasteiger partial charge on any atom is 0.183 e. The Morgan fingerprint density at radius 3 is 3.00 bits per heavy atom. The molecule has 0 fully saturated rings. The number of aromatic nitrogens is 2. The summed E-state index contributed by atoms with van der Waals surface area (Å²) in [6, 6.07) is 8.17. The van der Waals surface area contributed by atoms with E-state index in [2.05, 4.69) is 32.2 Å². The number of rotatable bonds is 1. The second-order valence-corrected chi connectivity index (χ2v) is 6.00. The lowest BCUT2D eigenvalue weighted by Crippen LogP contribution is -2.18. The van der Waals surface area contributed by atoms with E-state index < -0.39 is 0 Å². The topological polar surface area (TPSA) is 35.0 Å². The Labute approximate surface area is 106 Å². The number of hydrogen-bond donors (Lipinski definition) is 0. The van der Waals surface area contributed by atoms with Crippen molar-refractivity contribution in [3.05, 3.63) is 38.8 Å². The Morgan fingerprint density at radius 2 is 2.19 bits per heavy atom. The van der Waals surface area contributed by atoms with Gasteiger partial charge in [0.2, 0.25) is 0 Å². The summed E-state index contributed by atoms with van der Waals surface area (Å²) in [6.07, 6.45) is 0.984. The molecule has 0 saturated carbocycles. The first-order chi connectivity index (χ1) is 7.83. The van der Waals surface area contributed by atoms with Crippen molar-refractivity contribution < 1.29 is 4.74 Å². The number of halogens is 1.